The molecule has 0 fully saturated rings. The quantitative estimate of drug-likeness (QED) is 0.321. The molecule has 2 aromatic heterocycles. The van der Waals surface area contributed by atoms with E-state index in [0.717, 1.165) is 5.56 Å². The number of carbonyl (C=O) groups is 3. The fraction of sp³-hybridized carbons (Fsp3) is 0.208. The number of nitrogens with zero attached hydrogens (tertiary/aromatic N) is 3. The Balaban J connectivity index is 0.000000559. The summed E-state index contributed by atoms with van der Waals surface area (Å²) in [7, 11) is 3.05. The van der Waals surface area contributed by atoms with Crippen molar-refractivity contribution in [2.45, 2.75) is 18.8 Å². The van der Waals surface area contributed by atoms with Crippen molar-refractivity contribution in [1.82, 2.24) is 14.9 Å². The van der Waals surface area contributed by atoms with Gasteiger partial charge in [-0.3, -0.25) is 9.59 Å². The summed E-state index contributed by atoms with van der Waals surface area (Å²) in [4.78, 5) is 42.0. The van der Waals surface area contributed by atoms with Crippen LogP contribution in [-0.2, 0) is 22.2 Å². The molecular formula is C24H20F6N6O4. The molecular weight excluding hydrogens is 550 g/mol. The molecule has 1 aliphatic rings. The van der Waals surface area contributed by atoms with Crippen LogP contribution in [0.15, 0.2) is 48.8 Å². The van der Waals surface area contributed by atoms with Crippen LogP contribution in [0.1, 0.15) is 21.6 Å². The first-order chi connectivity index (χ1) is 18.6. The fourth-order valence-corrected chi connectivity index (χ4v) is 3.34. The molecule has 1 aliphatic heterocycles. The molecule has 0 spiro atoms. The number of pyridine rings is 2. The summed E-state index contributed by atoms with van der Waals surface area (Å²) in [6.45, 7) is 0. The van der Waals surface area contributed by atoms with Gasteiger partial charge in [0, 0.05) is 43.9 Å². The van der Waals surface area contributed by atoms with Gasteiger partial charge in [-0.15, -0.1) is 0 Å². The van der Waals surface area contributed by atoms with Crippen LogP contribution < -0.4 is 16.0 Å². The van der Waals surface area contributed by atoms with Gasteiger partial charge in [0.25, 0.3) is 5.91 Å². The minimum atomic E-state index is -5.08. The van der Waals surface area contributed by atoms with Gasteiger partial charge in [-0.1, -0.05) is 0 Å². The molecule has 0 radical (unpaired) electrons. The Kier molecular flexibility index (Phi) is 8.50. The first-order valence-corrected chi connectivity index (χ1v) is 11.1. The van der Waals surface area contributed by atoms with Gasteiger partial charge in [-0.25, -0.2) is 14.8 Å². The number of carboxylic acid groups (broad SMARTS) is 1. The summed E-state index contributed by atoms with van der Waals surface area (Å²) in [5.74, 6) is -3.19. The first-order valence-electron chi connectivity index (χ1n) is 11.1. The number of amides is 2. The lowest BCUT2D eigenvalue weighted by Crippen LogP contribution is -2.24. The number of benzene rings is 1. The largest absolute Gasteiger partial charge is 0.490 e. The zero-order chi connectivity index (χ0) is 29.8. The summed E-state index contributed by atoms with van der Waals surface area (Å²) < 4.78 is 72.7. The van der Waals surface area contributed by atoms with E-state index in [-0.39, 0.29) is 35.2 Å². The number of aliphatic carboxylic acids is 1. The number of aromatic nitrogens is 2. The fourth-order valence-electron chi connectivity index (χ4n) is 3.34. The highest BCUT2D eigenvalue weighted by Gasteiger charge is 2.38. The molecule has 40 heavy (non-hydrogen) atoms. The second-order valence-electron chi connectivity index (χ2n) is 8.36. The van der Waals surface area contributed by atoms with Crippen molar-refractivity contribution in [3.63, 3.8) is 0 Å². The molecule has 0 aliphatic carbocycles. The molecule has 1 aromatic carbocycles. The normalized spacial score (nSPS) is 12.4. The number of nitrogens with one attached hydrogen (secondary N) is 3. The predicted molar refractivity (Wildman–Crippen MR) is 131 cm³/mol. The first kappa shape index (κ1) is 29.7. The highest BCUT2D eigenvalue weighted by atomic mass is 19.4. The van der Waals surface area contributed by atoms with Gasteiger partial charge in [0.1, 0.15) is 5.82 Å². The number of halogens is 6. The highest BCUT2D eigenvalue weighted by molar-refractivity contribution is 6.00. The third-order valence-electron chi connectivity index (χ3n) is 5.14. The van der Waals surface area contributed by atoms with Crippen LogP contribution in [0.3, 0.4) is 0 Å². The maximum atomic E-state index is 13.7. The molecule has 212 valence electrons. The van der Waals surface area contributed by atoms with Gasteiger partial charge in [0.2, 0.25) is 5.91 Å². The highest BCUT2D eigenvalue weighted by Crippen LogP contribution is 2.38. The lowest BCUT2D eigenvalue weighted by atomic mass is 10.1. The van der Waals surface area contributed by atoms with Crippen molar-refractivity contribution in [3.8, 4) is 0 Å². The van der Waals surface area contributed by atoms with Gasteiger partial charge >= 0.3 is 18.3 Å². The van der Waals surface area contributed by atoms with E-state index >= 15 is 0 Å². The Morgan fingerprint density at radius 2 is 1.68 bits per heavy atom. The lowest BCUT2D eigenvalue weighted by Gasteiger charge is -2.18. The predicted octanol–water partition coefficient (Wildman–Crippen LogP) is 4.81. The van der Waals surface area contributed by atoms with Crippen molar-refractivity contribution >= 4 is 46.4 Å². The monoisotopic (exact) mass is 570 g/mol. The number of carbonyl (C=O) groups excluding carboxylic acids is 2. The number of rotatable bonds is 5. The maximum absolute atomic E-state index is 13.7. The zero-order valence-electron chi connectivity index (χ0n) is 20.6. The molecule has 0 saturated carbocycles. The average Bonchev–Trinajstić information content (AvgIpc) is 3.22. The summed E-state index contributed by atoms with van der Waals surface area (Å²) in [6, 6.07) is 9.32. The SMILES string of the molecule is CN(C)C(=O)c1ncccc1Nc1cc(Nc2ccc3c(c2)CC(=O)N3)ncc1C(F)(F)F.O=C(O)C(F)(F)F. The smallest absolute Gasteiger partial charge is 0.475 e. The number of hydrogen-bond acceptors (Lipinski definition) is 7. The average molecular weight is 570 g/mol. The van der Waals surface area contributed by atoms with Gasteiger partial charge < -0.3 is 26.0 Å². The Hall–Kier alpha value is -4.89. The Bertz CT molecular complexity index is 1440. The van der Waals surface area contributed by atoms with E-state index in [1.807, 2.05) is 0 Å². The Morgan fingerprint density at radius 1 is 1.00 bits per heavy atom. The topological polar surface area (TPSA) is 137 Å². The number of anilines is 5. The van der Waals surface area contributed by atoms with Crippen LogP contribution in [-0.4, -0.2) is 58.0 Å². The van der Waals surface area contributed by atoms with Crippen LogP contribution in [0, 0.1) is 0 Å². The molecule has 4 N–H and O–H groups in total. The molecule has 0 saturated heterocycles. The van der Waals surface area contributed by atoms with Crippen LogP contribution in [0.25, 0.3) is 0 Å². The maximum Gasteiger partial charge on any atom is 0.490 e. The molecule has 0 unspecified atom stereocenters. The third kappa shape index (κ3) is 7.36. The Labute approximate surface area is 222 Å². The molecule has 2 amide bonds. The summed E-state index contributed by atoms with van der Waals surface area (Å²) >= 11 is 0. The van der Waals surface area contributed by atoms with Crippen molar-refractivity contribution in [2.24, 2.45) is 0 Å². The van der Waals surface area contributed by atoms with E-state index in [0.29, 0.717) is 17.6 Å². The second-order valence-corrected chi connectivity index (χ2v) is 8.36. The minimum absolute atomic E-state index is 0.0160. The molecule has 16 heteroatoms. The molecule has 10 nitrogen and oxygen atoms in total. The van der Waals surface area contributed by atoms with Crippen molar-refractivity contribution < 1.29 is 45.8 Å². The van der Waals surface area contributed by atoms with Crippen LogP contribution >= 0.6 is 0 Å². The van der Waals surface area contributed by atoms with Crippen LogP contribution in [0.2, 0.25) is 0 Å². The van der Waals surface area contributed by atoms with E-state index in [1.165, 1.54) is 43.4 Å². The van der Waals surface area contributed by atoms with Crippen molar-refractivity contribution in [2.75, 3.05) is 30.0 Å². The third-order valence-corrected chi connectivity index (χ3v) is 5.14. The van der Waals surface area contributed by atoms with E-state index < -0.39 is 29.8 Å². The molecule has 3 heterocycles. The molecule has 0 bridgehead atoms. The summed E-state index contributed by atoms with van der Waals surface area (Å²) in [6.07, 6.45) is -7.43. The number of hydrogen-bond donors (Lipinski definition) is 4. The van der Waals surface area contributed by atoms with Gasteiger partial charge in [0.05, 0.1) is 23.4 Å². The molecule has 3 aromatic rings. The number of fused-ring (bicyclic) bond motifs is 1. The van der Waals surface area contributed by atoms with E-state index in [2.05, 4.69) is 25.9 Å². The van der Waals surface area contributed by atoms with Gasteiger partial charge in [-0.2, -0.15) is 26.3 Å². The standard InChI is InChI=1S/C22H19F3N6O2.C2HF3O2/c1-31(2)21(33)20-16(4-3-7-26-20)29-17-10-18(27-11-14(17)22(23,24)25)28-13-5-6-15-12(8-13)9-19(32)30-15;3-2(4,5)1(6)7/h3-8,10-11H,9H2,1-2H3,(H,30,32)(H2,27,28,29);(H,6,7). The lowest BCUT2D eigenvalue weighted by molar-refractivity contribution is -0.192. The zero-order valence-corrected chi connectivity index (χ0v) is 20.6. The molecule has 0 atom stereocenters. The van der Waals surface area contributed by atoms with E-state index in [4.69, 9.17) is 9.90 Å². The minimum Gasteiger partial charge on any atom is -0.475 e. The number of carboxylic acids is 1. The molecule has 4 rings (SSSR count). The van der Waals surface area contributed by atoms with E-state index in [1.54, 1.807) is 18.2 Å². The summed E-state index contributed by atoms with van der Waals surface area (Å²) in [5.41, 5.74) is 0.857. The second kappa shape index (κ2) is 11.5. The van der Waals surface area contributed by atoms with Gasteiger partial charge in [0.15, 0.2) is 5.69 Å². The Morgan fingerprint density at radius 3 is 2.27 bits per heavy atom. The van der Waals surface area contributed by atoms with Gasteiger partial charge in [-0.05, 0) is 35.9 Å². The van der Waals surface area contributed by atoms with Crippen LogP contribution in [0.4, 0.5) is 54.9 Å². The van der Waals surface area contributed by atoms with Crippen molar-refractivity contribution in [1.29, 1.82) is 0 Å². The van der Waals surface area contributed by atoms with Crippen molar-refractivity contribution in [3.05, 3.63) is 65.6 Å². The van der Waals surface area contributed by atoms with Crippen LogP contribution in [0.5, 0.6) is 0 Å². The van der Waals surface area contributed by atoms with E-state index in [9.17, 15) is 35.9 Å². The summed E-state index contributed by atoms with van der Waals surface area (Å²) in [5, 5.41) is 15.5. The number of alkyl halides is 6.